The maximum absolute atomic E-state index is 12.8. The molecule has 0 saturated carbocycles. The van der Waals surface area contributed by atoms with Crippen LogP contribution >= 0.6 is 22.9 Å². The Labute approximate surface area is 123 Å². The van der Waals surface area contributed by atoms with Gasteiger partial charge in [-0.15, -0.1) is 22.9 Å². The Morgan fingerprint density at radius 2 is 2.21 bits per heavy atom. The van der Waals surface area contributed by atoms with Crippen LogP contribution in [-0.2, 0) is 20.6 Å². The minimum Gasteiger partial charge on any atom is -0.373 e. The number of nitrogens with zero attached hydrogens (tertiary/aromatic N) is 1. The molecule has 1 saturated heterocycles. The predicted molar refractivity (Wildman–Crippen MR) is 77.4 cm³/mol. The molecular weight excluding hydrogens is 306 g/mol. The van der Waals surface area contributed by atoms with Crippen LogP contribution in [0.4, 0.5) is 0 Å². The van der Waals surface area contributed by atoms with Crippen molar-refractivity contribution < 1.29 is 13.2 Å². The summed E-state index contributed by atoms with van der Waals surface area (Å²) in [5.74, 6) is 0.223. The Morgan fingerprint density at radius 1 is 1.53 bits per heavy atom. The molecule has 4 nitrogen and oxygen atoms in total. The number of rotatable bonds is 3. The normalized spacial score (nSPS) is 20.6. The van der Waals surface area contributed by atoms with E-state index in [1.165, 1.54) is 15.6 Å². The zero-order chi connectivity index (χ0) is 14.3. The van der Waals surface area contributed by atoms with Crippen LogP contribution in [0, 0.1) is 6.92 Å². The second-order valence-corrected chi connectivity index (χ2v) is 8.36. The van der Waals surface area contributed by atoms with E-state index in [0.29, 0.717) is 29.5 Å². The number of aryl methyl sites for hydroxylation is 1. The fourth-order valence-corrected chi connectivity index (χ4v) is 5.82. The average Bonchev–Trinajstić information content (AvgIpc) is 2.69. The minimum absolute atomic E-state index is 0.223. The molecule has 0 bridgehead atoms. The lowest BCUT2D eigenvalue weighted by atomic mass is 10.1. The summed E-state index contributed by atoms with van der Waals surface area (Å²) in [6.07, 6.45) is 0. The highest BCUT2D eigenvalue weighted by molar-refractivity contribution is 7.89. The number of hydrogen-bond acceptors (Lipinski definition) is 4. The first-order chi connectivity index (χ1) is 8.78. The van der Waals surface area contributed by atoms with Gasteiger partial charge in [-0.2, -0.15) is 4.31 Å². The predicted octanol–water partition coefficient (Wildman–Crippen LogP) is 2.59. The van der Waals surface area contributed by atoms with Gasteiger partial charge in [-0.05, 0) is 31.7 Å². The van der Waals surface area contributed by atoms with Crippen molar-refractivity contribution in [2.75, 3.05) is 19.7 Å². The van der Waals surface area contributed by atoms with Gasteiger partial charge in [-0.25, -0.2) is 8.42 Å². The zero-order valence-corrected chi connectivity index (χ0v) is 13.7. The summed E-state index contributed by atoms with van der Waals surface area (Å²) in [5, 5.41) is 1.84. The number of thiophene rings is 1. The number of ether oxygens (including phenoxy) is 1. The molecule has 2 rings (SSSR count). The Bertz CT molecular complexity index is 566. The van der Waals surface area contributed by atoms with Crippen LogP contribution in [0.3, 0.4) is 0 Å². The van der Waals surface area contributed by atoms with Gasteiger partial charge in [0.25, 0.3) is 0 Å². The van der Waals surface area contributed by atoms with Crippen molar-refractivity contribution in [3.63, 3.8) is 0 Å². The van der Waals surface area contributed by atoms with Crippen LogP contribution in [0.25, 0.3) is 0 Å². The van der Waals surface area contributed by atoms with Crippen molar-refractivity contribution in [3.05, 3.63) is 15.8 Å². The third-order valence-electron chi connectivity index (χ3n) is 3.10. The van der Waals surface area contributed by atoms with E-state index in [9.17, 15) is 8.42 Å². The van der Waals surface area contributed by atoms with Crippen molar-refractivity contribution in [2.45, 2.75) is 37.1 Å². The molecule has 0 amide bonds. The average molecular weight is 324 g/mol. The molecule has 1 aliphatic rings. The summed E-state index contributed by atoms with van der Waals surface area (Å²) in [5.41, 5.74) is 0.320. The summed E-state index contributed by atoms with van der Waals surface area (Å²) < 4.78 is 32.6. The first kappa shape index (κ1) is 15.3. The first-order valence-corrected chi connectivity index (χ1v) is 8.90. The van der Waals surface area contributed by atoms with Crippen LogP contribution < -0.4 is 0 Å². The quantitative estimate of drug-likeness (QED) is 0.803. The molecule has 0 aliphatic carbocycles. The SMILES string of the molecule is Cc1csc(CCl)c1S(=O)(=O)N1CCOC(C)(C)C1. The second-order valence-electron chi connectivity index (χ2n) is 5.25. The van der Waals surface area contributed by atoms with Gasteiger partial charge in [0.1, 0.15) is 4.90 Å². The molecule has 1 aromatic rings. The molecular formula is C12H18ClNO3S2. The number of hydrogen-bond donors (Lipinski definition) is 0. The van der Waals surface area contributed by atoms with Crippen molar-refractivity contribution in [3.8, 4) is 0 Å². The molecule has 1 aromatic heterocycles. The van der Waals surface area contributed by atoms with E-state index < -0.39 is 15.6 Å². The van der Waals surface area contributed by atoms with E-state index in [1.807, 2.05) is 26.2 Å². The number of halogens is 1. The lowest BCUT2D eigenvalue weighted by Crippen LogP contribution is -2.50. The molecule has 0 atom stereocenters. The van der Waals surface area contributed by atoms with E-state index in [1.54, 1.807) is 0 Å². The topological polar surface area (TPSA) is 46.6 Å². The molecule has 0 N–H and O–H groups in total. The van der Waals surface area contributed by atoms with Crippen molar-refractivity contribution in [1.29, 1.82) is 0 Å². The van der Waals surface area contributed by atoms with E-state index in [-0.39, 0.29) is 5.88 Å². The number of alkyl halides is 1. The molecule has 19 heavy (non-hydrogen) atoms. The summed E-state index contributed by atoms with van der Waals surface area (Å²) in [7, 11) is -3.48. The van der Waals surface area contributed by atoms with Crippen LogP contribution in [-0.4, -0.2) is 38.0 Å². The number of morpholine rings is 1. The molecule has 1 fully saturated rings. The number of sulfonamides is 1. The van der Waals surface area contributed by atoms with Crippen molar-refractivity contribution in [1.82, 2.24) is 4.31 Å². The lowest BCUT2D eigenvalue weighted by Gasteiger charge is -2.37. The maximum Gasteiger partial charge on any atom is 0.244 e. The molecule has 1 aliphatic heterocycles. The fraction of sp³-hybridized carbons (Fsp3) is 0.667. The van der Waals surface area contributed by atoms with E-state index in [4.69, 9.17) is 16.3 Å². The largest absolute Gasteiger partial charge is 0.373 e. The molecule has 7 heteroatoms. The standard InChI is InChI=1S/C12H18ClNO3S2/c1-9-7-18-10(6-13)11(9)19(15,16)14-4-5-17-12(2,3)8-14/h7H,4-6,8H2,1-3H3. The van der Waals surface area contributed by atoms with Crippen molar-refractivity contribution in [2.24, 2.45) is 0 Å². The van der Waals surface area contributed by atoms with E-state index >= 15 is 0 Å². The molecule has 0 spiro atoms. The van der Waals surface area contributed by atoms with Gasteiger partial charge < -0.3 is 4.74 Å². The third-order valence-corrected chi connectivity index (χ3v) is 6.83. The molecule has 0 aromatic carbocycles. The van der Waals surface area contributed by atoms with E-state index in [2.05, 4.69) is 0 Å². The van der Waals surface area contributed by atoms with Crippen LogP contribution in [0.15, 0.2) is 10.3 Å². The Hall–Kier alpha value is -0.140. The highest BCUT2D eigenvalue weighted by atomic mass is 35.5. The first-order valence-electron chi connectivity index (χ1n) is 6.05. The van der Waals surface area contributed by atoms with E-state index in [0.717, 1.165) is 5.56 Å². The molecule has 0 unspecified atom stereocenters. The van der Waals surface area contributed by atoms with Crippen LogP contribution in [0.1, 0.15) is 24.3 Å². The van der Waals surface area contributed by atoms with Gasteiger partial charge in [-0.3, -0.25) is 0 Å². The molecule has 2 heterocycles. The van der Waals surface area contributed by atoms with Crippen molar-refractivity contribution >= 4 is 33.0 Å². The molecule has 108 valence electrons. The second kappa shape index (κ2) is 5.33. The van der Waals surface area contributed by atoms with Gasteiger partial charge in [0.2, 0.25) is 10.0 Å². The van der Waals surface area contributed by atoms with Crippen LogP contribution in [0.5, 0.6) is 0 Å². The lowest BCUT2D eigenvalue weighted by molar-refractivity contribution is -0.0640. The van der Waals surface area contributed by atoms with Gasteiger partial charge >= 0.3 is 0 Å². The van der Waals surface area contributed by atoms with Gasteiger partial charge in [0, 0.05) is 18.0 Å². The van der Waals surface area contributed by atoms with Crippen LogP contribution in [0.2, 0.25) is 0 Å². The van der Waals surface area contributed by atoms with Gasteiger partial charge in [0.05, 0.1) is 18.1 Å². The fourth-order valence-electron chi connectivity index (χ4n) is 2.23. The Kier molecular flexibility index (Phi) is 4.28. The highest BCUT2D eigenvalue weighted by Crippen LogP contribution is 2.32. The smallest absolute Gasteiger partial charge is 0.244 e. The highest BCUT2D eigenvalue weighted by Gasteiger charge is 2.36. The zero-order valence-electron chi connectivity index (χ0n) is 11.3. The Balaban J connectivity index is 2.39. The minimum atomic E-state index is -3.48. The van der Waals surface area contributed by atoms with Gasteiger partial charge in [-0.1, -0.05) is 0 Å². The summed E-state index contributed by atoms with van der Waals surface area (Å²) in [6.45, 7) is 6.79. The monoisotopic (exact) mass is 323 g/mol. The summed E-state index contributed by atoms with van der Waals surface area (Å²) in [6, 6.07) is 0. The summed E-state index contributed by atoms with van der Waals surface area (Å²) >= 11 is 7.25. The maximum atomic E-state index is 12.8. The Morgan fingerprint density at radius 3 is 2.79 bits per heavy atom. The molecule has 0 radical (unpaired) electrons. The van der Waals surface area contributed by atoms with Gasteiger partial charge in [0.15, 0.2) is 0 Å². The third kappa shape index (κ3) is 2.97. The summed E-state index contributed by atoms with van der Waals surface area (Å²) in [4.78, 5) is 1.09.